The van der Waals surface area contributed by atoms with Crippen LogP contribution in [-0.2, 0) is 33.7 Å². The molecule has 3 aromatic rings. The maximum atomic E-state index is 14.4. The molecule has 1 aliphatic rings. The Morgan fingerprint density at radius 2 is 1.88 bits per heavy atom. The van der Waals surface area contributed by atoms with E-state index in [-0.39, 0.29) is 49.1 Å². The Hall–Kier alpha value is -3.33. The van der Waals surface area contributed by atoms with Crippen LogP contribution in [0.25, 0.3) is 11.1 Å². The number of pyridine rings is 1. The molecule has 212 valence electrons. The topological polar surface area (TPSA) is 101 Å². The van der Waals surface area contributed by atoms with Crippen molar-refractivity contribution in [1.29, 1.82) is 0 Å². The van der Waals surface area contributed by atoms with Gasteiger partial charge in [-0.25, -0.2) is 4.39 Å². The third kappa shape index (κ3) is 7.05. The van der Waals surface area contributed by atoms with Crippen molar-refractivity contribution in [2.75, 3.05) is 6.61 Å². The predicted molar refractivity (Wildman–Crippen MR) is 152 cm³/mol. The second-order valence-electron chi connectivity index (χ2n) is 11.2. The van der Waals surface area contributed by atoms with Gasteiger partial charge < -0.3 is 19.8 Å². The van der Waals surface area contributed by atoms with Gasteiger partial charge in [-0.2, -0.15) is 0 Å². The number of Topliss-reactive ketones (excluding diaryl/α,β-unsaturated/α-hetero) is 1. The molecule has 0 bridgehead atoms. The number of carbonyl (C=O) groups excluding carboxylic acids is 2. The van der Waals surface area contributed by atoms with Crippen LogP contribution in [0.5, 0.6) is 0 Å². The summed E-state index contributed by atoms with van der Waals surface area (Å²) in [4.78, 5) is 38.6. The van der Waals surface area contributed by atoms with Crippen molar-refractivity contribution in [2.45, 2.75) is 71.3 Å². The first-order chi connectivity index (χ1) is 18.8. The van der Waals surface area contributed by atoms with Crippen LogP contribution < -0.4 is 11.3 Å². The first-order valence-corrected chi connectivity index (χ1v) is 13.6. The fourth-order valence-corrected chi connectivity index (χ4v) is 5.07. The van der Waals surface area contributed by atoms with Gasteiger partial charge in [0.1, 0.15) is 5.82 Å². The van der Waals surface area contributed by atoms with Crippen molar-refractivity contribution < 1.29 is 23.5 Å². The Morgan fingerprint density at radius 3 is 2.55 bits per heavy atom. The standard InChI is InChI=1S/C31H34ClFN2O5/c1-18-11-20-6-7-22(32)14-24(20)25-15-29(37)35(16-21(25)17-39-18)27(9-10-40-31(2,3)4)28(36)13-19-5-8-23(30(34)38)26(33)12-19/h5-8,12,14-16,18,27H,9-11,13,17H2,1-4H3,(H2,34,38)/t18-,27+/m1/s1. The van der Waals surface area contributed by atoms with E-state index in [2.05, 4.69) is 0 Å². The molecule has 0 unspecified atom stereocenters. The van der Waals surface area contributed by atoms with Gasteiger partial charge in [-0.15, -0.1) is 0 Å². The molecule has 0 fully saturated rings. The van der Waals surface area contributed by atoms with Crippen molar-refractivity contribution in [3.63, 3.8) is 0 Å². The van der Waals surface area contributed by atoms with Gasteiger partial charge >= 0.3 is 0 Å². The number of fused-ring (bicyclic) bond motifs is 3. The minimum absolute atomic E-state index is 0.0654. The third-order valence-electron chi connectivity index (χ3n) is 6.87. The quantitative estimate of drug-likeness (QED) is 0.391. The van der Waals surface area contributed by atoms with Crippen LogP contribution in [0.4, 0.5) is 4.39 Å². The number of nitrogens with two attached hydrogens (primary N) is 1. The van der Waals surface area contributed by atoms with Gasteiger partial charge in [0.2, 0.25) is 0 Å². The van der Waals surface area contributed by atoms with Gasteiger partial charge in [0.15, 0.2) is 5.78 Å². The lowest BCUT2D eigenvalue weighted by Crippen LogP contribution is -2.33. The molecule has 9 heteroatoms. The maximum Gasteiger partial charge on any atom is 0.251 e. The molecule has 1 aliphatic heterocycles. The van der Waals surface area contributed by atoms with Gasteiger partial charge in [0.05, 0.1) is 29.9 Å². The number of primary amides is 1. The number of halogens is 2. The summed E-state index contributed by atoms with van der Waals surface area (Å²) in [6, 6.07) is 10.1. The molecule has 4 rings (SSSR count). The second-order valence-corrected chi connectivity index (χ2v) is 11.6. The monoisotopic (exact) mass is 568 g/mol. The van der Waals surface area contributed by atoms with Crippen molar-refractivity contribution in [3.05, 3.63) is 92.1 Å². The largest absolute Gasteiger partial charge is 0.376 e. The molecule has 2 heterocycles. The molecular weight excluding hydrogens is 535 g/mol. The molecule has 0 spiro atoms. The zero-order chi connectivity index (χ0) is 29.2. The van der Waals surface area contributed by atoms with Crippen LogP contribution in [0.3, 0.4) is 0 Å². The van der Waals surface area contributed by atoms with Crippen LogP contribution in [0, 0.1) is 5.82 Å². The summed E-state index contributed by atoms with van der Waals surface area (Å²) >= 11 is 6.32. The molecule has 7 nitrogen and oxygen atoms in total. The highest BCUT2D eigenvalue weighted by molar-refractivity contribution is 6.30. The van der Waals surface area contributed by atoms with Crippen LogP contribution >= 0.6 is 11.6 Å². The fraction of sp³-hybridized carbons (Fsp3) is 0.387. The summed E-state index contributed by atoms with van der Waals surface area (Å²) in [5.74, 6) is -1.99. The Balaban J connectivity index is 1.74. The Bertz CT molecular complexity index is 1490. The summed E-state index contributed by atoms with van der Waals surface area (Å²) in [7, 11) is 0. The summed E-state index contributed by atoms with van der Waals surface area (Å²) in [6.45, 7) is 8.19. The number of hydrogen-bond acceptors (Lipinski definition) is 5. The average molecular weight is 569 g/mol. The molecule has 0 radical (unpaired) electrons. The summed E-state index contributed by atoms with van der Waals surface area (Å²) < 4.78 is 27.8. The van der Waals surface area contributed by atoms with E-state index < -0.39 is 23.4 Å². The highest BCUT2D eigenvalue weighted by atomic mass is 35.5. The number of ether oxygens (including phenoxy) is 2. The molecule has 2 N–H and O–H groups in total. The lowest BCUT2D eigenvalue weighted by atomic mass is 9.92. The zero-order valence-electron chi connectivity index (χ0n) is 23.1. The number of hydrogen-bond donors (Lipinski definition) is 1. The van der Waals surface area contributed by atoms with E-state index >= 15 is 0 Å². The van der Waals surface area contributed by atoms with Crippen LogP contribution in [0.15, 0.2) is 53.5 Å². The van der Waals surface area contributed by atoms with E-state index in [9.17, 15) is 18.8 Å². The summed E-state index contributed by atoms with van der Waals surface area (Å²) in [6.07, 6.45) is 2.37. The zero-order valence-corrected chi connectivity index (χ0v) is 23.9. The normalized spacial score (nSPS) is 15.9. The fourth-order valence-electron chi connectivity index (χ4n) is 4.90. The molecule has 40 heavy (non-hydrogen) atoms. The Labute approximate surface area is 238 Å². The predicted octanol–water partition coefficient (Wildman–Crippen LogP) is 5.43. The van der Waals surface area contributed by atoms with Gasteiger partial charge in [0, 0.05) is 35.9 Å². The number of amides is 1. The minimum Gasteiger partial charge on any atom is -0.376 e. The number of aromatic nitrogens is 1. The van der Waals surface area contributed by atoms with Gasteiger partial charge in [-0.05, 0) is 87.1 Å². The Morgan fingerprint density at radius 1 is 1.15 bits per heavy atom. The van der Waals surface area contributed by atoms with Crippen LogP contribution in [0.1, 0.15) is 67.2 Å². The highest BCUT2D eigenvalue weighted by Gasteiger charge is 2.26. The van der Waals surface area contributed by atoms with E-state index in [4.69, 9.17) is 26.8 Å². The van der Waals surface area contributed by atoms with E-state index in [1.54, 1.807) is 6.20 Å². The molecule has 0 saturated carbocycles. The highest BCUT2D eigenvalue weighted by Crippen LogP contribution is 2.33. The van der Waals surface area contributed by atoms with E-state index in [0.717, 1.165) is 22.8 Å². The molecule has 2 atom stereocenters. The molecule has 0 saturated heterocycles. The molecular formula is C31H34ClFN2O5. The molecule has 0 aliphatic carbocycles. The summed E-state index contributed by atoms with van der Waals surface area (Å²) in [5, 5.41) is 0.560. The number of benzene rings is 2. The summed E-state index contributed by atoms with van der Waals surface area (Å²) in [5.41, 5.74) is 7.87. The number of carbonyl (C=O) groups is 2. The lowest BCUT2D eigenvalue weighted by molar-refractivity contribution is -0.122. The lowest BCUT2D eigenvalue weighted by Gasteiger charge is -2.26. The number of rotatable bonds is 8. The minimum atomic E-state index is -0.890. The molecule has 1 amide bonds. The van der Waals surface area contributed by atoms with Gasteiger partial charge in [-0.3, -0.25) is 14.4 Å². The average Bonchev–Trinajstić information content (AvgIpc) is 2.85. The van der Waals surface area contributed by atoms with Gasteiger partial charge in [-0.1, -0.05) is 23.7 Å². The van der Waals surface area contributed by atoms with Crippen molar-refractivity contribution >= 4 is 23.3 Å². The van der Waals surface area contributed by atoms with E-state index in [0.29, 0.717) is 22.6 Å². The van der Waals surface area contributed by atoms with E-state index in [1.165, 1.54) is 22.8 Å². The van der Waals surface area contributed by atoms with Gasteiger partial charge in [0.25, 0.3) is 11.5 Å². The number of nitrogens with zero attached hydrogens (tertiary/aromatic N) is 1. The third-order valence-corrected chi connectivity index (χ3v) is 7.10. The first kappa shape index (κ1) is 29.6. The van der Waals surface area contributed by atoms with Crippen LogP contribution in [-0.4, -0.2) is 34.6 Å². The maximum absolute atomic E-state index is 14.4. The Kier molecular flexibility index (Phi) is 8.93. The van der Waals surface area contributed by atoms with Crippen molar-refractivity contribution in [2.24, 2.45) is 5.73 Å². The van der Waals surface area contributed by atoms with E-state index in [1.807, 2.05) is 45.9 Å². The second kappa shape index (κ2) is 12.0. The van der Waals surface area contributed by atoms with Crippen molar-refractivity contribution in [3.8, 4) is 11.1 Å². The first-order valence-electron chi connectivity index (χ1n) is 13.2. The molecule has 2 aromatic carbocycles. The smallest absolute Gasteiger partial charge is 0.251 e. The van der Waals surface area contributed by atoms with Crippen molar-refractivity contribution in [1.82, 2.24) is 4.57 Å². The van der Waals surface area contributed by atoms with Crippen LogP contribution in [0.2, 0.25) is 5.02 Å². The SMILES string of the molecule is C[C@@H]1Cc2ccc(Cl)cc2-c2cc(=O)n([C@@H](CCOC(C)(C)C)C(=O)Cc3ccc(C(N)=O)c(F)c3)cc2CO1. The number of ketones is 1. The molecule has 1 aromatic heterocycles.